The molecule has 0 aromatic rings. The topological polar surface area (TPSA) is 49.9 Å². The van der Waals surface area contributed by atoms with Gasteiger partial charge in [-0.2, -0.15) is 0 Å². The molecule has 3 N–H and O–H groups in total. The third kappa shape index (κ3) is 19.7. The van der Waals surface area contributed by atoms with Crippen LogP contribution in [-0.4, -0.2) is 6.21 Å². The molecule has 0 spiro atoms. The van der Waals surface area contributed by atoms with Crippen LogP contribution in [0.3, 0.4) is 0 Å². The summed E-state index contributed by atoms with van der Waals surface area (Å²) in [5.41, 5.74) is 10.9. The predicted molar refractivity (Wildman–Crippen MR) is 95.2 cm³/mol. The van der Waals surface area contributed by atoms with Crippen molar-refractivity contribution in [2.45, 2.75) is 69.2 Å². The van der Waals surface area contributed by atoms with E-state index < -0.39 is 0 Å². The molecule has 0 aliphatic heterocycles. The van der Waals surface area contributed by atoms with E-state index in [1.165, 1.54) is 6.20 Å². The van der Waals surface area contributed by atoms with E-state index in [0.717, 1.165) is 17.4 Å². The maximum Gasteiger partial charge on any atom is 0.0678 e. The van der Waals surface area contributed by atoms with Crippen molar-refractivity contribution in [3.8, 4) is 5.69 Å². The van der Waals surface area contributed by atoms with E-state index in [9.17, 15) is 0 Å². The summed E-state index contributed by atoms with van der Waals surface area (Å²) >= 11 is 0.963. The van der Waals surface area contributed by atoms with Gasteiger partial charge < -0.3 is 11.1 Å². The largest absolute Gasteiger partial charge is 0.403 e. The highest BCUT2D eigenvalue weighted by molar-refractivity contribution is 7.93. The smallest absolute Gasteiger partial charge is 0.0678 e. The van der Waals surface area contributed by atoms with Crippen molar-refractivity contribution >= 4 is 17.4 Å². The Morgan fingerprint density at radius 3 is 1.21 bits per heavy atom. The molecule has 3 heteroatoms. The Morgan fingerprint density at radius 2 is 1.21 bits per heavy atom. The highest BCUT2D eigenvalue weighted by Gasteiger charge is 2.26. The number of allylic oxidation sites excluding steroid dienone is 1. The van der Waals surface area contributed by atoms with Crippen molar-refractivity contribution in [3.05, 3.63) is 11.1 Å². The predicted octanol–water partition coefficient (Wildman–Crippen LogP) is 5.89. The Morgan fingerprint density at radius 1 is 0.947 bits per heavy atom. The van der Waals surface area contributed by atoms with Gasteiger partial charge >= 0.3 is 0 Å². The van der Waals surface area contributed by atoms with Gasteiger partial charge in [-0.1, -0.05) is 80.4 Å². The Hall–Kier alpha value is -0.790. The van der Waals surface area contributed by atoms with E-state index in [2.05, 4.69) is 41.5 Å². The normalized spacial score (nSPS) is 10.5. The van der Waals surface area contributed by atoms with Crippen LogP contribution in [0.25, 0.3) is 0 Å². The number of rotatable bonds is 1. The first-order valence-electron chi connectivity index (χ1n) is 6.89. The molecule has 0 aliphatic rings. The average molecular weight is 289 g/mol. The van der Waals surface area contributed by atoms with Crippen LogP contribution in [0.15, 0.2) is 11.1 Å². The molecule has 0 heterocycles. The van der Waals surface area contributed by atoms with E-state index in [4.69, 9.17) is 16.8 Å². The van der Waals surface area contributed by atoms with Gasteiger partial charge in [0.05, 0.1) is 4.91 Å². The van der Waals surface area contributed by atoms with Crippen LogP contribution in [0.5, 0.6) is 0 Å². The van der Waals surface area contributed by atoms with Crippen LogP contribution >= 0.6 is 11.2 Å². The van der Waals surface area contributed by atoms with Gasteiger partial charge in [0.15, 0.2) is 0 Å². The highest BCUT2D eigenvalue weighted by atomic mass is 32.1. The molecule has 0 amide bonds. The molecule has 0 aliphatic carbocycles. The fourth-order valence-electron chi connectivity index (χ4n) is 0.121. The van der Waals surface area contributed by atoms with E-state index in [-0.39, 0.29) is 0 Å². The molecule has 0 aromatic carbocycles. The van der Waals surface area contributed by atoms with Crippen molar-refractivity contribution in [1.82, 2.24) is 0 Å². The average Bonchev–Trinajstić information content (AvgIpc) is 2.35. The zero-order valence-electron chi connectivity index (χ0n) is 14.7. The molecular weight excluding hydrogens is 252 g/mol. The van der Waals surface area contributed by atoms with E-state index in [0.29, 0.717) is 15.7 Å². The molecule has 2 nitrogen and oxygen atoms in total. The standard InChI is InChI=1S/C8H18.C4H6N2S.2C2H6/c1-7(2,3)8(4,5)6;1-7-4(2-5)3-6;2*1-2/h1-6H3;1-3,5H,6H2;2*1-2H3/b;4-3+,5-2?;;. The number of hydrogen-bond donors (Lipinski definition) is 2. The first-order valence-corrected chi connectivity index (χ1v) is 7.77. The molecule has 0 atom stereocenters. The SMILES string of the molecule is C#S/C(C=N)=C/N.CC.CC.CC(C)(C)C(C)(C)C. The van der Waals surface area contributed by atoms with Crippen molar-refractivity contribution in [2.75, 3.05) is 0 Å². The molecule has 0 fully saturated rings. The molecule has 0 unspecified atom stereocenters. The molecule has 0 saturated heterocycles. The van der Waals surface area contributed by atoms with Gasteiger partial charge in [0.25, 0.3) is 0 Å². The first kappa shape index (κ1) is 26.7. The fraction of sp³-hybridized carbons (Fsp3) is 0.750. The Labute approximate surface area is 126 Å². The Balaban J connectivity index is -0.0000000941. The minimum atomic E-state index is 0.437. The van der Waals surface area contributed by atoms with Crippen LogP contribution in [-0.2, 0) is 0 Å². The first-order chi connectivity index (χ1) is 8.60. The van der Waals surface area contributed by atoms with Gasteiger partial charge in [0.1, 0.15) is 0 Å². The monoisotopic (exact) mass is 288 g/mol. The van der Waals surface area contributed by atoms with E-state index in [1.54, 1.807) is 0 Å². The van der Waals surface area contributed by atoms with Gasteiger partial charge in [-0.25, -0.2) is 0 Å². The molecule has 0 aromatic heterocycles. The van der Waals surface area contributed by atoms with Crippen LogP contribution in [0, 0.1) is 21.9 Å². The maximum absolute atomic E-state index is 6.59. The van der Waals surface area contributed by atoms with Crippen molar-refractivity contribution in [3.63, 3.8) is 0 Å². The third-order valence-corrected chi connectivity index (χ3v) is 3.22. The molecule has 0 bridgehead atoms. The van der Waals surface area contributed by atoms with Gasteiger partial charge in [0.2, 0.25) is 0 Å². The Bertz CT molecular complexity index is 248. The minimum absolute atomic E-state index is 0.437. The summed E-state index contributed by atoms with van der Waals surface area (Å²) in [7, 11) is 0. The van der Waals surface area contributed by atoms with E-state index in [1.807, 2.05) is 27.7 Å². The molecule has 0 rings (SSSR count). The summed E-state index contributed by atoms with van der Waals surface area (Å²) in [6.45, 7) is 21.6. The van der Waals surface area contributed by atoms with Crippen molar-refractivity contribution in [2.24, 2.45) is 16.6 Å². The second-order valence-electron chi connectivity index (χ2n) is 5.33. The lowest BCUT2D eigenvalue weighted by molar-refractivity contribution is 0.157. The Kier molecular flexibility index (Phi) is 21.5. The third-order valence-electron chi connectivity index (χ3n) is 2.69. The summed E-state index contributed by atoms with van der Waals surface area (Å²) in [6.07, 6.45) is 2.39. The molecule has 19 heavy (non-hydrogen) atoms. The highest BCUT2D eigenvalue weighted by Crippen LogP contribution is 2.36. The lowest BCUT2D eigenvalue weighted by atomic mass is 9.71. The summed E-state index contributed by atoms with van der Waals surface area (Å²) in [6, 6.07) is 0. The maximum atomic E-state index is 6.59. The number of hydrogen-bond acceptors (Lipinski definition) is 2. The lowest BCUT2D eigenvalue weighted by Crippen LogP contribution is -2.25. The molecule has 0 radical (unpaired) electrons. The van der Waals surface area contributed by atoms with Gasteiger partial charge in [-0.15, -0.1) is 5.69 Å². The van der Waals surface area contributed by atoms with Gasteiger partial charge in [-0.3, -0.25) is 0 Å². The van der Waals surface area contributed by atoms with Gasteiger partial charge in [-0.05, 0) is 10.8 Å². The lowest BCUT2D eigenvalue weighted by Gasteiger charge is -2.34. The minimum Gasteiger partial charge on any atom is -0.403 e. The van der Waals surface area contributed by atoms with Crippen LogP contribution in [0.2, 0.25) is 0 Å². The summed E-state index contributed by atoms with van der Waals surface area (Å²) in [4.78, 5) is 0.569. The van der Waals surface area contributed by atoms with Crippen molar-refractivity contribution < 1.29 is 0 Å². The zero-order valence-corrected chi connectivity index (χ0v) is 15.5. The van der Waals surface area contributed by atoms with Crippen LogP contribution in [0.4, 0.5) is 0 Å². The van der Waals surface area contributed by atoms with Crippen molar-refractivity contribution in [1.29, 1.82) is 5.41 Å². The molecule has 116 valence electrons. The van der Waals surface area contributed by atoms with Gasteiger partial charge in [0, 0.05) is 12.4 Å². The van der Waals surface area contributed by atoms with E-state index >= 15 is 0 Å². The molecule has 0 saturated carbocycles. The van der Waals surface area contributed by atoms with Crippen LogP contribution in [0.1, 0.15) is 69.2 Å². The second-order valence-corrected chi connectivity index (χ2v) is 6.04. The fourth-order valence-corrected chi connectivity index (χ4v) is 0.268. The zero-order chi connectivity index (χ0) is 16.7. The van der Waals surface area contributed by atoms with Crippen LogP contribution < -0.4 is 5.73 Å². The summed E-state index contributed by atoms with van der Waals surface area (Å²) in [5, 5.41) is 6.59. The number of nitrogens with one attached hydrogen (secondary N) is 1. The summed E-state index contributed by atoms with van der Waals surface area (Å²) in [5.74, 6) is 0. The quantitative estimate of drug-likeness (QED) is 0.581. The summed E-state index contributed by atoms with van der Waals surface area (Å²) < 4.78 is 0. The molecular formula is C16H36N2S. The second kappa shape index (κ2) is 15.3. The number of nitrogens with two attached hydrogens (primary N) is 1.